The molecule has 0 aromatic heterocycles. The van der Waals surface area contributed by atoms with Crippen LogP contribution in [0.15, 0.2) is 12.2 Å². The van der Waals surface area contributed by atoms with E-state index < -0.39 is 0 Å². The summed E-state index contributed by atoms with van der Waals surface area (Å²) < 4.78 is 5.81. The second kappa shape index (κ2) is 1.46. The number of fused-ring (bicyclic) bond motifs is 1. The van der Waals surface area contributed by atoms with E-state index in [4.69, 9.17) is 4.74 Å². The Balaban J connectivity index is 2.07. The van der Waals surface area contributed by atoms with Gasteiger partial charge in [0.2, 0.25) is 0 Å². The lowest BCUT2D eigenvalue weighted by Crippen LogP contribution is -2.31. The molecule has 3 atom stereocenters. The summed E-state index contributed by atoms with van der Waals surface area (Å²) in [4.78, 5) is 0. The van der Waals surface area contributed by atoms with Crippen molar-refractivity contribution in [2.24, 2.45) is 5.92 Å². The maximum atomic E-state index is 5.81. The normalized spacial score (nSPS) is 56.0. The largest absolute Gasteiger partial charge is 0.362 e. The fourth-order valence-corrected chi connectivity index (χ4v) is 2.41. The van der Waals surface area contributed by atoms with Gasteiger partial charge in [0.15, 0.2) is 0 Å². The van der Waals surface area contributed by atoms with Gasteiger partial charge in [-0.15, -0.1) is 0 Å². The first kappa shape index (κ1) is 5.33. The lowest BCUT2D eigenvalue weighted by Gasteiger charge is -2.20. The lowest BCUT2D eigenvalue weighted by atomic mass is 9.86. The van der Waals surface area contributed by atoms with E-state index in [0.717, 1.165) is 19.0 Å². The van der Waals surface area contributed by atoms with Gasteiger partial charge in [-0.25, -0.2) is 0 Å². The summed E-state index contributed by atoms with van der Waals surface area (Å²) >= 11 is 0. The highest BCUT2D eigenvalue weighted by Gasteiger charge is 2.52. The summed E-state index contributed by atoms with van der Waals surface area (Å²) in [5, 5.41) is 3.37. The zero-order valence-corrected chi connectivity index (χ0v) is 5.84. The molecule has 2 bridgehead atoms. The monoisotopic (exact) mass is 137 g/mol. The standard InChI is InChI=1S/C8H11NO/c1-2-8-5-9-4-6(8)3-7(1)10-8/h1-2,6-7,9H,3-5H2/t6-,7+,8+/m1/s1. The number of hydrogen-bond donors (Lipinski definition) is 1. The van der Waals surface area contributed by atoms with Gasteiger partial charge in [-0.2, -0.15) is 0 Å². The molecule has 0 aliphatic carbocycles. The molecule has 2 saturated heterocycles. The molecule has 3 aliphatic heterocycles. The van der Waals surface area contributed by atoms with Gasteiger partial charge < -0.3 is 10.1 Å². The van der Waals surface area contributed by atoms with Crippen LogP contribution in [-0.4, -0.2) is 24.8 Å². The minimum Gasteiger partial charge on any atom is -0.362 e. The molecule has 10 heavy (non-hydrogen) atoms. The van der Waals surface area contributed by atoms with Crippen LogP contribution < -0.4 is 5.32 Å². The zero-order valence-electron chi connectivity index (χ0n) is 5.84. The molecular formula is C8H11NO. The van der Waals surface area contributed by atoms with E-state index in [-0.39, 0.29) is 5.60 Å². The van der Waals surface area contributed by atoms with Crippen LogP contribution >= 0.6 is 0 Å². The van der Waals surface area contributed by atoms with Gasteiger partial charge in [0.05, 0.1) is 6.10 Å². The molecule has 0 aromatic rings. The molecule has 3 rings (SSSR count). The maximum Gasteiger partial charge on any atom is 0.104 e. The quantitative estimate of drug-likeness (QED) is 0.485. The molecule has 54 valence electrons. The molecule has 1 spiro atoms. The molecule has 0 aromatic carbocycles. The van der Waals surface area contributed by atoms with Crippen molar-refractivity contribution in [1.29, 1.82) is 0 Å². The first-order valence-electron chi connectivity index (χ1n) is 3.97. The number of ether oxygens (including phenoxy) is 1. The molecule has 2 heteroatoms. The van der Waals surface area contributed by atoms with E-state index in [0.29, 0.717) is 6.10 Å². The second-order valence-electron chi connectivity index (χ2n) is 3.53. The maximum absolute atomic E-state index is 5.81. The van der Waals surface area contributed by atoms with Crippen molar-refractivity contribution in [2.45, 2.75) is 18.1 Å². The van der Waals surface area contributed by atoms with E-state index in [9.17, 15) is 0 Å². The van der Waals surface area contributed by atoms with Crippen molar-refractivity contribution >= 4 is 0 Å². The van der Waals surface area contributed by atoms with Crippen LogP contribution in [0.4, 0.5) is 0 Å². The third-order valence-corrected chi connectivity index (χ3v) is 2.96. The third-order valence-electron chi connectivity index (χ3n) is 2.96. The van der Waals surface area contributed by atoms with Crippen molar-refractivity contribution in [3.63, 3.8) is 0 Å². The summed E-state index contributed by atoms with van der Waals surface area (Å²) in [6.07, 6.45) is 6.16. The van der Waals surface area contributed by atoms with Crippen LogP contribution in [0.3, 0.4) is 0 Å². The molecule has 0 amide bonds. The average molecular weight is 137 g/mol. The fourth-order valence-electron chi connectivity index (χ4n) is 2.41. The summed E-state index contributed by atoms with van der Waals surface area (Å²) in [5.41, 5.74) is 0.130. The third kappa shape index (κ3) is 0.444. The highest BCUT2D eigenvalue weighted by atomic mass is 16.5. The average Bonchev–Trinajstić information content (AvgIpc) is 2.48. The molecule has 1 N–H and O–H groups in total. The van der Waals surface area contributed by atoms with Crippen molar-refractivity contribution in [3.8, 4) is 0 Å². The fraction of sp³-hybridized carbons (Fsp3) is 0.750. The van der Waals surface area contributed by atoms with Crippen molar-refractivity contribution in [2.75, 3.05) is 13.1 Å². The Hall–Kier alpha value is -0.340. The summed E-state index contributed by atoms with van der Waals surface area (Å²) in [7, 11) is 0. The molecule has 0 unspecified atom stereocenters. The predicted octanol–water partition coefficient (Wildman–Crippen LogP) is 0.303. The Bertz CT molecular complexity index is 201. The van der Waals surface area contributed by atoms with Gasteiger partial charge in [-0.05, 0) is 6.42 Å². The molecule has 0 saturated carbocycles. The van der Waals surface area contributed by atoms with E-state index >= 15 is 0 Å². The van der Waals surface area contributed by atoms with Gasteiger partial charge in [-0.1, -0.05) is 12.2 Å². The first-order valence-corrected chi connectivity index (χ1v) is 3.97. The SMILES string of the molecule is C1=C[C@]23CNC[C@H]2C[C@H]1O3. The smallest absolute Gasteiger partial charge is 0.104 e. The molecule has 2 fully saturated rings. The number of nitrogens with one attached hydrogen (secondary N) is 1. The Morgan fingerprint density at radius 1 is 1.60 bits per heavy atom. The van der Waals surface area contributed by atoms with Crippen LogP contribution in [-0.2, 0) is 4.74 Å². The predicted molar refractivity (Wildman–Crippen MR) is 37.7 cm³/mol. The zero-order chi connectivity index (χ0) is 6.60. The van der Waals surface area contributed by atoms with E-state index in [1.54, 1.807) is 0 Å². The van der Waals surface area contributed by atoms with Crippen LogP contribution in [0.5, 0.6) is 0 Å². The first-order chi connectivity index (χ1) is 4.89. The molecule has 3 heterocycles. The molecule has 3 aliphatic rings. The Kier molecular flexibility index (Phi) is 0.778. The molecule has 2 nitrogen and oxygen atoms in total. The van der Waals surface area contributed by atoms with Crippen molar-refractivity contribution < 1.29 is 4.74 Å². The van der Waals surface area contributed by atoms with E-state index in [1.807, 2.05) is 0 Å². The highest BCUT2D eigenvalue weighted by molar-refractivity contribution is 5.23. The second-order valence-corrected chi connectivity index (χ2v) is 3.53. The Labute approximate surface area is 60.3 Å². The van der Waals surface area contributed by atoms with Crippen molar-refractivity contribution in [1.82, 2.24) is 5.32 Å². The van der Waals surface area contributed by atoms with Crippen LogP contribution in [0, 0.1) is 5.92 Å². The van der Waals surface area contributed by atoms with Crippen LogP contribution in [0.2, 0.25) is 0 Å². The Morgan fingerprint density at radius 2 is 2.60 bits per heavy atom. The van der Waals surface area contributed by atoms with Gasteiger partial charge in [0, 0.05) is 19.0 Å². The van der Waals surface area contributed by atoms with Crippen LogP contribution in [0.1, 0.15) is 6.42 Å². The van der Waals surface area contributed by atoms with Crippen molar-refractivity contribution in [3.05, 3.63) is 12.2 Å². The van der Waals surface area contributed by atoms with Gasteiger partial charge in [-0.3, -0.25) is 0 Å². The number of rotatable bonds is 0. The van der Waals surface area contributed by atoms with Gasteiger partial charge >= 0.3 is 0 Å². The van der Waals surface area contributed by atoms with E-state index in [1.165, 1.54) is 6.42 Å². The molecule has 0 radical (unpaired) electrons. The van der Waals surface area contributed by atoms with E-state index in [2.05, 4.69) is 17.5 Å². The minimum atomic E-state index is 0.130. The molecular weight excluding hydrogens is 126 g/mol. The topological polar surface area (TPSA) is 21.3 Å². The summed E-state index contributed by atoms with van der Waals surface area (Å²) in [6.45, 7) is 2.19. The highest BCUT2D eigenvalue weighted by Crippen LogP contribution is 2.44. The summed E-state index contributed by atoms with van der Waals surface area (Å²) in [6, 6.07) is 0. The number of hydrogen-bond acceptors (Lipinski definition) is 2. The lowest BCUT2D eigenvalue weighted by molar-refractivity contribution is 0.0335. The minimum absolute atomic E-state index is 0.130. The Morgan fingerprint density at radius 3 is 3.40 bits per heavy atom. The summed E-state index contributed by atoms with van der Waals surface area (Å²) in [5.74, 6) is 0.766. The van der Waals surface area contributed by atoms with Gasteiger partial charge in [0.25, 0.3) is 0 Å². The van der Waals surface area contributed by atoms with Gasteiger partial charge in [0.1, 0.15) is 5.60 Å². The van der Waals surface area contributed by atoms with Crippen LogP contribution in [0.25, 0.3) is 0 Å².